The first-order chi connectivity index (χ1) is 8.10. The first kappa shape index (κ1) is 11.4. The van der Waals surface area contributed by atoms with Gasteiger partial charge in [-0.15, -0.1) is 0 Å². The molecule has 2 nitrogen and oxygen atoms in total. The van der Waals surface area contributed by atoms with Crippen LogP contribution < -0.4 is 0 Å². The van der Waals surface area contributed by atoms with E-state index in [1.54, 1.807) is 0 Å². The van der Waals surface area contributed by atoms with Gasteiger partial charge in [-0.25, -0.2) is 0 Å². The van der Waals surface area contributed by atoms with Crippen LogP contribution in [0.4, 0.5) is 0 Å². The molecule has 17 heavy (non-hydrogen) atoms. The molecule has 0 spiro atoms. The molecule has 0 aliphatic carbocycles. The van der Waals surface area contributed by atoms with Gasteiger partial charge in [0.05, 0.1) is 5.60 Å². The van der Waals surface area contributed by atoms with Gasteiger partial charge < -0.3 is 5.11 Å². The van der Waals surface area contributed by atoms with Crippen molar-refractivity contribution < 1.29 is 9.32 Å². The molecule has 2 unspecified atom stereocenters. The van der Waals surface area contributed by atoms with Crippen molar-refractivity contribution in [1.82, 2.24) is 0 Å². The molecule has 0 radical (unpaired) electrons. The van der Waals surface area contributed by atoms with E-state index in [9.17, 15) is 9.32 Å². The first-order valence-electron chi connectivity index (χ1n) is 6.28. The van der Waals surface area contributed by atoms with E-state index in [1.165, 1.54) is 0 Å². The second kappa shape index (κ2) is 3.92. The van der Waals surface area contributed by atoms with E-state index in [0.29, 0.717) is 12.8 Å². The minimum Gasteiger partial charge on any atom is -0.385 e. The molecule has 0 aromatic heterocycles. The third-order valence-corrected chi connectivity index (χ3v) is 6.36. The van der Waals surface area contributed by atoms with Crippen LogP contribution in [0.25, 0.3) is 0 Å². The van der Waals surface area contributed by atoms with Crippen LogP contribution >= 0.6 is 0 Å². The second-order valence-corrected chi connectivity index (χ2v) is 7.40. The highest BCUT2D eigenvalue weighted by molar-refractivity contribution is 7.86. The Bertz CT molecular complexity index is 453. The molecular weight excluding hydrogens is 232 g/mol. The van der Waals surface area contributed by atoms with Gasteiger partial charge in [0.25, 0.3) is 0 Å². The molecule has 2 aliphatic rings. The molecule has 2 atom stereocenters. The summed E-state index contributed by atoms with van der Waals surface area (Å²) in [5.74, 6) is 0. The van der Waals surface area contributed by atoms with Crippen molar-refractivity contribution >= 4 is 10.8 Å². The predicted octanol–water partition coefficient (Wildman–Crippen LogP) is 2.26. The third kappa shape index (κ3) is 1.76. The summed E-state index contributed by atoms with van der Waals surface area (Å²) >= 11 is 0. The van der Waals surface area contributed by atoms with E-state index in [0.717, 1.165) is 24.0 Å². The molecule has 2 aliphatic heterocycles. The van der Waals surface area contributed by atoms with Gasteiger partial charge in [0.15, 0.2) is 0 Å². The van der Waals surface area contributed by atoms with Gasteiger partial charge >= 0.3 is 0 Å². The Kier molecular flexibility index (Phi) is 2.64. The lowest BCUT2D eigenvalue weighted by atomic mass is 9.83. The van der Waals surface area contributed by atoms with E-state index in [-0.39, 0.29) is 10.5 Å². The standard InChI is InChI=1S/C14H18O2S/c1-10-4-2-3-5-13(10)14(15)8-11-6-7-12(9-14)17(11)16/h2-5,11-12,15H,6-9H2,1H3. The molecule has 1 aromatic carbocycles. The van der Waals surface area contributed by atoms with Crippen molar-refractivity contribution in [1.29, 1.82) is 0 Å². The summed E-state index contributed by atoms with van der Waals surface area (Å²) in [6, 6.07) is 8.04. The Labute approximate surface area is 105 Å². The highest BCUT2D eigenvalue weighted by Crippen LogP contribution is 2.46. The Hall–Kier alpha value is -0.670. The van der Waals surface area contributed by atoms with Crippen LogP contribution in [0, 0.1) is 6.92 Å². The van der Waals surface area contributed by atoms with Gasteiger partial charge in [-0.05, 0) is 43.7 Å². The lowest BCUT2D eigenvalue weighted by Gasteiger charge is -2.37. The number of hydrogen-bond donors (Lipinski definition) is 1. The molecule has 0 amide bonds. The van der Waals surface area contributed by atoms with E-state index in [2.05, 4.69) is 0 Å². The fourth-order valence-corrected chi connectivity index (χ4v) is 5.56. The van der Waals surface area contributed by atoms with Crippen LogP contribution in [0.1, 0.15) is 36.8 Å². The van der Waals surface area contributed by atoms with Crippen molar-refractivity contribution in [2.24, 2.45) is 0 Å². The zero-order valence-corrected chi connectivity index (χ0v) is 10.9. The monoisotopic (exact) mass is 250 g/mol. The lowest BCUT2D eigenvalue weighted by molar-refractivity contribution is 0.0179. The van der Waals surface area contributed by atoms with Crippen LogP contribution in [0.15, 0.2) is 24.3 Å². The minimum absolute atomic E-state index is 0.207. The molecule has 2 bridgehead atoms. The summed E-state index contributed by atoms with van der Waals surface area (Å²) in [5.41, 5.74) is 1.43. The fraction of sp³-hybridized carbons (Fsp3) is 0.571. The summed E-state index contributed by atoms with van der Waals surface area (Å²) in [6.07, 6.45) is 3.37. The molecule has 1 aromatic rings. The number of rotatable bonds is 1. The smallest absolute Gasteiger partial charge is 0.0922 e. The van der Waals surface area contributed by atoms with Crippen LogP contribution in [0.2, 0.25) is 0 Å². The molecule has 3 heteroatoms. The Balaban J connectivity index is 1.98. The van der Waals surface area contributed by atoms with Crippen molar-refractivity contribution in [2.45, 2.75) is 48.7 Å². The minimum atomic E-state index is -0.745. The quantitative estimate of drug-likeness (QED) is 0.830. The van der Waals surface area contributed by atoms with E-state index in [1.807, 2.05) is 31.2 Å². The number of aryl methyl sites for hydroxylation is 1. The highest BCUT2D eigenvalue weighted by atomic mass is 32.2. The SMILES string of the molecule is Cc1ccccc1C1(O)CC2CCC(C1)S2=O. The summed E-state index contributed by atoms with van der Waals surface area (Å²) in [7, 11) is -0.706. The topological polar surface area (TPSA) is 37.3 Å². The maximum Gasteiger partial charge on any atom is 0.0922 e. The largest absolute Gasteiger partial charge is 0.385 e. The number of fused-ring (bicyclic) bond motifs is 2. The maximum atomic E-state index is 12.0. The molecule has 0 saturated carbocycles. The first-order valence-corrected chi connectivity index (χ1v) is 7.56. The maximum absolute atomic E-state index is 12.0. The second-order valence-electron chi connectivity index (χ2n) is 5.40. The van der Waals surface area contributed by atoms with Gasteiger partial charge in [0.2, 0.25) is 0 Å². The lowest BCUT2D eigenvalue weighted by Crippen LogP contribution is -2.40. The third-order valence-electron chi connectivity index (χ3n) is 4.24. The summed E-state index contributed by atoms with van der Waals surface area (Å²) < 4.78 is 12.0. The summed E-state index contributed by atoms with van der Waals surface area (Å²) in [4.78, 5) is 0. The molecule has 2 saturated heterocycles. The van der Waals surface area contributed by atoms with E-state index >= 15 is 0 Å². The zero-order valence-electron chi connectivity index (χ0n) is 10.1. The molecule has 3 rings (SSSR count). The van der Waals surface area contributed by atoms with Gasteiger partial charge in [-0.2, -0.15) is 0 Å². The van der Waals surface area contributed by atoms with Crippen LogP contribution in [0.3, 0.4) is 0 Å². The molecule has 2 heterocycles. The summed E-state index contributed by atoms with van der Waals surface area (Å²) in [6.45, 7) is 2.04. The van der Waals surface area contributed by atoms with Crippen LogP contribution in [-0.4, -0.2) is 19.8 Å². The summed E-state index contributed by atoms with van der Waals surface area (Å²) in [5, 5.41) is 11.3. The number of aliphatic hydroxyl groups is 1. The predicted molar refractivity (Wildman–Crippen MR) is 69.3 cm³/mol. The zero-order chi connectivity index (χ0) is 12.0. The van der Waals surface area contributed by atoms with Crippen molar-refractivity contribution in [3.8, 4) is 0 Å². The van der Waals surface area contributed by atoms with Crippen molar-refractivity contribution in [2.75, 3.05) is 0 Å². The fourth-order valence-electron chi connectivity index (χ4n) is 3.40. The van der Waals surface area contributed by atoms with Crippen LogP contribution in [0.5, 0.6) is 0 Å². The van der Waals surface area contributed by atoms with Crippen molar-refractivity contribution in [3.63, 3.8) is 0 Å². The molecule has 1 N–H and O–H groups in total. The van der Waals surface area contributed by atoms with Crippen LogP contribution in [-0.2, 0) is 16.4 Å². The number of benzene rings is 1. The number of hydrogen-bond acceptors (Lipinski definition) is 2. The van der Waals surface area contributed by atoms with E-state index < -0.39 is 16.4 Å². The van der Waals surface area contributed by atoms with Crippen molar-refractivity contribution in [3.05, 3.63) is 35.4 Å². The normalized spacial score (nSPS) is 40.5. The average molecular weight is 250 g/mol. The van der Waals surface area contributed by atoms with Gasteiger partial charge in [0.1, 0.15) is 0 Å². The van der Waals surface area contributed by atoms with Gasteiger partial charge in [-0.3, -0.25) is 4.21 Å². The molecule has 92 valence electrons. The average Bonchev–Trinajstić information content (AvgIpc) is 2.53. The van der Waals surface area contributed by atoms with Gasteiger partial charge in [0, 0.05) is 21.3 Å². The molecular formula is C14H18O2S. The van der Waals surface area contributed by atoms with Gasteiger partial charge in [-0.1, -0.05) is 24.3 Å². The van der Waals surface area contributed by atoms with E-state index in [4.69, 9.17) is 0 Å². The molecule has 2 fully saturated rings. The Morgan fingerprint density at radius 2 is 1.82 bits per heavy atom. The highest BCUT2D eigenvalue weighted by Gasteiger charge is 2.48. The Morgan fingerprint density at radius 1 is 1.24 bits per heavy atom. The Morgan fingerprint density at radius 3 is 2.41 bits per heavy atom.